The number of aliphatic hydroxyl groups excluding tert-OH is 1. The van der Waals surface area contributed by atoms with E-state index in [4.69, 9.17) is 0 Å². The zero-order chi connectivity index (χ0) is 17.2. The van der Waals surface area contributed by atoms with Gasteiger partial charge in [0.1, 0.15) is 12.2 Å². The third kappa shape index (κ3) is 4.26. The Kier molecular flexibility index (Phi) is 5.37. The van der Waals surface area contributed by atoms with E-state index < -0.39 is 5.41 Å². The lowest BCUT2D eigenvalue weighted by Gasteiger charge is -2.20. The summed E-state index contributed by atoms with van der Waals surface area (Å²) in [6.45, 7) is 7.83. The molecule has 0 bridgehead atoms. The van der Waals surface area contributed by atoms with Crippen molar-refractivity contribution in [3.63, 3.8) is 0 Å². The molecule has 0 fully saturated rings. The van der Waals surface area contributed by atoms with E-state index in [1.807, 2.05) is 44.4 Å². The fourth-order valence-corrected chi connectivity index (χ4v) is 2.78. The minimum atomic E-state index is -0.431. The molecule has 2 aromatic rings. The number of hydrogen-bond acceptors (Lipinski definition) is 4. The van der Waals surface area contributed by atoms with E-state index in [0.717, 1.165) is 16.0 Å². The number of carbonyl (C=O) groups excluding carboxylic acids is 1. The van der Waals surface area contributed by atoms with Crippen molar-refractivity contribution in [3.05, 3.63) is 40.4 Å². The molecule has 0 saturated carbocycles. The van der Waals surface area contributed by atoms with Crippen LogP contribution in [0.15, 0.2) is 29.0 Å². The van der Waals surface area contributed by atoms with E-state index in [2.05, 4.69) is 26.1 Å². The van der Waals surface area contributed by atoms with Gasteiger partial charge in [0.2, 0.25) is 0 Å². The van der Waals surface area contributed by atoms with Crippen LogP contribution >= 0.6 is 15.9 Å². The van der Waals surface area contributed by atoms with Crippen LogP contribution in [0.3, 0.4) is 0 Å². The maximum atomic E-state index is 12.5. The lowest BCUT2D eigenvalue weighted by Crippen LogP contribution is -2.21. The molecule has 0 aliphatic rings. The summed E-state index contributed by atoms with van der Waals surface area (Å²) in [4.78, 5) is 12.5. The molecule has 124 valence electrons. The maximum Gasteiger partial charge on any atom is 0.163 e. The van der Waals surface area contributed by atoms with Gasteiger partial charge in [-0.2, -0.15) is 0 Å². The number of rotatable bonds is 6. The molecule has 0 radical (unpaired) electrons. The van der Waals surface area contributed by atoms with Gasteiger partial charge in [-0.1, -0.05) is 43.6 Å². The number of halogens is 1. The molecule has 0 saturated heterocycles. The highest BCUT2D eigenvalue weighted by atomic mass is 79.9. The first-order valence-corrected chi connectivity index (χ1v) is 8.38. The summed E-state index contributed by atoms with van der Waals surface area (Å²) < 4.78 is 2.71. The lowest BCUT2D eigenvalue weighted by molar-refractivity contribution is 0.0858. The topological polar surface area (TPSA) is 68.0 Å². The second-order valence-corrected chi connectivity index (χ2v) is 7.75. The molecule has 1 aromatic carbocycles. The van der Waals surface area contributed by atoms with Crippen molar-refractivity contribution in [1.29, 1.82) is 0 Å². The second-order valence-electron chi connectivity index (χ2n) is 6.83. The summed E-state index contributed by atoms with van der Waals surface area (Å²) >= 11 is 3.47. The SMILES string of the molecule is CC(C)c1nncn1-c1cc(Br)cc(C(=O)CC(C)(C)CO)c1. The Balaban J connectivity index is 2.40. The average Bonchev–Trinajstić information content (AvgIpc) is 2.96. The number of hydrogen-bond donors (Lipinski definition) is 1. The Morgan fingerprint density at radius 3 is 2.65 bits per heavy atom. The van der Waals surface area contributed by atoms with E-state index in [-0.39, 0.29) is 18.3 Å². The zero-order valence-corrected chi connectivity index (χ0v) is 15.5. The van der Waals surface area contributed by atoms with Gasteiger partial charge in [-0.3, -0.25) is 9.36 Å². The predicted molar refractivity (Wildman–Crippen MR) is 93.0 cm³/mol. The van der Waals surface area contributed by atoms with Crippen LogP contribution in [0.4, 0.5) is 0 Å². The van der Waals surface area contributed by atoms with Crippen LogP contribution in [0, 0.1) is 5.41 Å². The summed E-state index contributed by atoms with van der Waals surface area (Å²) in [5.74, 6) is 1.08. The Labute approximate surface area is 144 Å². The van der Waals surface area contributed by atoms with Gasteiger partial charge in [0, 0.05) is 29.0 Å². The van der Waals surface area contributed by atoms with Gasteiger partial charge in [-0.15, -0.1) is 10.2 Å². The average molecular weight is 380 g/mol. The van der Waals surface area contributed by atoms with Crippen LogP contribution in [0.5, 0.6) is 0 Å². The van der Waals surface area contributed by atoms with Crippen LogP contribution in [0.2, 0.25) is 0 Å². The highest BCUT2D eigenvalue weighted by Gasteiger charge is 2.22. The fourth-order valence-electron chi connectivity index (χ4n) is 2.30. The van der Waals surface area contributed by atoms with Crippen LogP contribution in [0.25, 0.3) is 5.69 Å². The highest BCUT2D eigenvalue weighted by Crippen LogP contribution is 2.26. The molecule has 5 nitrogen and oxygen atoms in total. The Morgan fingerprint density at radius 2 is 2.04 bits per heavy atom. The molecule has 1 aromatic heterocycles. The van der Waals surface area contributed by atoms with Gasteiger partial charge in [-0.25, -0.2) is 0 Å². The maximum absolute atomic E-state index is 12.5. The summed E-state index contributed by atoms with van der Waals surface area (Å²) in [5, 5.41) is 17.5. The molecule has 23 heavy (non-hydrogen) atoms. The monoisotopic (exact) mass is 379 g/mol. The van der Waals surface area contributed by atoms with Gasteiger partial charge < -0.3 is 5.11 Å². The lowest BCUT2D eigenvalue weighted by atomic mass is 9.86. The van der Waals surface area contributed by atoms with Gasteiger partial charge in [-0.05, 0) is 23.6 Å². The second kappa shape index (κ2) is 6.93. The number of Topliss-reactive ketones (excluding diaryl/α,β-unsaturated/α-hetero) is 1. The van der Waals surface area contributed by atoms with E-state index >= 15 is 0 Å². The van der Waals surface area contributed by atoms with Crippen molar-refractivity contribution in [3.8, 4) is 5.69 Å². The fraction of sp³-hybridized carbons (Fsp3) is 0.471. The van der Waals surface area contributed by atoms with Crippen LogP contribution in [-0.2, 0) is 0 Å². The Hall–Kier alpha value is -1.53. The van der Waals surface area contributed by atoms with Gasteiger partial charge in [0.25, 0.3) is 0 Å². The molecular weight excluding hydrogens is 358 g/mol. The van der Waals surface area contributed by atoms with E-state index in [1.54, 1.807) is 12.4 Å². The molecule has 0 unspecified atom stereocenters. The minimum absolute atomic E-state index is 0.00534. The first kappa shape index (κ1) is 17.8. The van der Waals surface area contributed by atoms with Gasteiger partial charge in [0.05, 0.1) is 5.69 Å². The number of benzene rings is 1. The molecule has 0 amide bonds. The molecule has 0 spiro atoms. The standard InChI is InChI=1S/C17H22BrN3O2/c1-11(2)16-20-19-10-21(16)14-6-12(5-13(18)7-14)15(23)8-17(3,4)9-22/h5-7,10-11,22H,8-9H2,1-4H3. The van der Waals surface area contributed by atoms with Crippen LogP contribution in [0.1, 0.15) is 56.2 Å². The quantitative estimate of drug-likeness (QED) is 0.776. The number of nitrogens with zero attached hydrogens (tertiary/aromatic N) is 3. The smallest absolute Gasteiger partial charge is 0.163 e. The zero-order valence-electron chi connectivity index (χ0n) is 13.9. The molecular formula is C17H22BrN3O2. The first-order chi connectivity index (χ1) is 10.7. The van der Waals surface area contributed by atoms with E-state index in [9.17, 15) is 9.90 Å². The van der Waals surface area contributed by atoms with Crippen LogP contribution in [-0.4, -0.2) is 32.3 Å². The third-order valence-corrected chi connectivity index (χ3v) is 4.10. The molecule has 0 aliphatic carbocycles. The normalized spacial score (nSPS) is 12.0. The molecule has 0 atom stereocenters. The Morgan fingerprint density at radius 1 is 1.35 bits per heavy atom. The first-order valence-electron chi connectivity index (χ1n) is 7.58. The van der Waals surface area contributed by atoms with E-state index in [0.29, 0.717) is 12.0 Å². The number of aliphatic hydroxyl groups is 1. The van der Waals surface area contributed by atoms with Crippen LogP contribution < -0.4 is 0 Å². The van der Waals surface area contributed by atoms with E-state index in [1.165, 1.54) is 0 Å². The van der Waals surface area contributed by atoms with Crippen molar-refractivity contribution in [1.82, 2.24) is 14.8 Å². The molecule has 2 rings (SSSR count). The third-order valence-electron chi connectivity index (χ3n) is 3.64. The number of aromatic nitrogens is 3. The minimum Gasteiger partial charge on any atom is -0.396 e. The predicted octanol–water partition coefficient (Wildman–Crippen LogP) is 3.74. The van der Waals surface area contributed by atoms with Crippen molar-refractivity contribution in [2.75, 3.05) is 6.61 Å². The highest BCUT2D eigenvalue weighted by molar-refractivity contribution is 9.10. The van der Waals surface area contributed by atoms with Crippen molar-refractivity contribution < 1.29 is 9.90 Å². The molecule has 0 aliphatic heterocycles. The Bertz CT molecular complexity index is 708. The largest absolute Gasteiger partial charge is 0.396 e. The summed E-state index contributed by atoms with van der Waals surface area (Å²) in [6.07, 6.45) is 1.95. The number of ketones is 1. The molecule has 1 heterocycles. The van der Waals surface area contributed by atoms with Gasteiger partial charge in [0.15, 0.2) is 5.78 Å². The molecule has 6 heteroatoms. The van der Waals surface area contributed by atoms with Crippen molar-refractivity contribution in [2.24, 2.45) is 5.41 Å². The summed E-state index contributed by atoms with van der Waals surface area (Å²) in [5.41, 5.74) is 1.02. The van der Waals surface area contributed by atoms with Crippen molar-refractivity contribution >= 4 is 21.7 Å². The summed E-state index contributed by atoms with van der Waals surface area (Å²) in [7, 11) is 0. The summed E-state index contributed by atoms with van der Waals surface area (Å²) in [6, 6.07) is 5.58. The molecule has 1 N–H and O–H groups in total. The number of carbonyl (C=O) groups is 1. The van der Waals surface area contributed by atoms with Crippen molar-refractivity contribution in [2.45, 2.75) is 40.0 Å². The van der Waals surface area contributed by atoms with Gasteiger partial charge >= 0.3 is 0 Å².